The van der Waals surface area contributed by atoms with E-state index in [1.165, 1.54) is 5.57 Å². The SMILES string of the molecule is C=C=CC(=C)/C=C\C=C(C)C. The van der Waals surface area contributed by atoms with Crippen molar-refractivity contribution in [3.05, 3.63) is 54.3 Å². The summed E-state index contributed by atoms with van der Waals surface area (Å²) >= 11 is 0. The van der Waals surface area contributed by atoms with Crippen LogP contribution in [-0.2, 0) is 0 Å². The Hall–Kier alpha value is -1.26. The molecular weight excluding hydrogens is 132 g/mol. The Bertz CT molecular complexity index is 229. The first-order valence-electron chi connectivity index (χ1n) is 3.53. The van der Waals surface area contributed by atoms with Gasteiger partial charge in [0, 0.05) is 0 Å². The van der Waals surface area contributed by atoms with Crippen molar-refractivity contribution in [1.29, 1.82) is 0 Å². The fraction of sp³-hybridized carbons (Fsp3) is 0.182. The lowest BCUT2D eigenvalue weighted by Crippen LogP contribution is -1.64. The fourth-order valence-electron chi connectivity index (χ4n) is 0.543. The molecule has 0 unspecified atom stereocenters. The van der Waals surface area contributed by atoms with Gasteiger partial charge in [-0.05, 0) is 25.5 Å². The highest BCUT2D eigenvalue weighted by Crippen LogP contribution is 1.95. The van der Waals surface area contributed by atoms with Crippen LogP contribution in [-0.4, -0.2) is 0 Å². The van der Waals surface area contributed by atoms with Crippen LogP contribution in [0.1, 0.15) is 13.8 Å². The molecule has 11 heavy (non-hydrogen) atoms. The Morgan fingerprint density at radius 3 is 2.45 bits per heavy atom. The van der Waals surface area contributed by atoms with E-state index in [-0.39, 0.29) is 0 Å². The Morgan fingerprint density at radius 1 is 1.36 bits per heavy atom. The van der Waals surface area contributed by atoms with Crippen molar-refractivity contribution < 1.29 is 0 Å². The van der Waals surface area contributed by atoms with Crippen LogP contribution in [0.25, 0.3) is 0 Å². The molecule has 0 N–H and O–H groups in total. The summed E-state index contributed by atoms with van der Waals surface area (Å²) < 4.78 is 0. The van der Waals surface area contributed by atoms with E-state index in [1.807, 2.05) is 18.2 Å². The van der Waals surface area contributed by atoms with Crippen molar-refractivity contribution in [3.8, 4) is 0 Å². The van der Waals surface area contributed by atoms with E-state index >= 15 is 0 Å². The van der Waals surface area contributed by atoms with E-state index in [4.69, 9.17) is 0 Å². The molecule has 0 aliphatic rings. The summed E-state index contributed by atoms with van der Waals surface area (Å²) in [5, 5.41) is 0. The highest BCUT2D eigenvalue weighted by atomic mass is 13.8. The van der Waals surface area contributed by atoms with Crippen LogP contribution in [0.15, 0.2) is 54.3 Å². The van der Waals surface area contributed by atoms with Crippen LogP contribution in [0, 0.1) is 0 Å². The summed E-state index contributed by atoms with van der Waals surface area (Å²) in [7, 11) is 0. The van der Waals surface area contributed by atoms with Crippen LogP contribution < -0.4 is 0 Å². The van der Waals surface area contributed by atoms with Gasteiger partial charge in [-0.3, -0.25) is 0 Å². The third-order valence-electron chi connectivity index (χ3n) is 1.03. The molecule has 0 bridgehead atoms. The maximum Gasteiger partial charge on any atom is -0.0139 e. The maximum absolute atomic E-state index is 3.77. The monoisotopic (exact) mass is 146 g/mol. The first-order chi connectivity index (χ1) is 5.16. The van der Waals surface area contributed by atoms with E-state index in [0.29, 0.717) is 0 Å². The van der Waals surface area contributed by atoms with E-state index in [1.54, 1.807) is 6.08 Å². The zero-order valence-corrected chi connectivity index (χ0v) is 7.22. The maximum atomic E-state index is 3.77. The predicted molar refractivity (Wildman–Crippen MR) is 51.4 cm³/mol. The molecule has 0 aliphatic heterocycles. The standard InChI is InChI=1S/C11H14/c1-5-7-11(4)9-6-8-10(2)3/h6-9H,1,4H2,2-3H3/b9-6-. The highest BCUT2D eigenvalue weighted by molar-refractivity contribution is 5.29. The second kappa shape index (κ2) is 5.52. The topological polar surface area (TPSA) is 0 Å². The van der Waals surface area contributed by atoms with Crippen molar-refractivity contribution in [1.82, 2.24) is 0 Å². The van der Waals surface area contributed by atoms with Crippen LogP contribution in [0.3, 0.4) is 0 Å². The largest absolute Gasteiger partial charge is 0.128 e. The van der Waals surface area contributed by atoms with Gasteiger partial charge in [0.1, 0.15) is 0 Å². The van der Waals surface area contributed by atoms with E-state index in [0.717, 1.165) is 5.57 Å². The van der Waals surface area contributed by atoms with Crippen LogP contribution in [0.4, 0.5) is 0 Å². The van der Waals surface area contributed by atoms with Gasteiger partial charge in [-0.15, -0.1) is 5.73 Å². The van der Waals surface area contributed by atoms with Crippen LogP contribution in [0.5, 0.6) is 0 Å². The third-order valence-corrected chi connectivity index (χ3v) is 1.03. The Morgan fingerprint density at radius 2 is 2.00 bits per heavy atom. The van der Waals surface area contributed by atoms with Gasteiger partial charge in [0.25, 0.3) is 0 Å². The lowest BCUT2D eigenvalue weighted by molar-refractivity contribution is 1.39. The summed E-state index contributed by atoms with van der Waals surface area (Å²) in [5.74, 6) is 0. The van der Waals surface area contributed by atoms with Crippen molar-refractivity contribution in [2.45, 2.75) is 13.8 Å². The molecule has 0 radical (unpaired) electrons. The molecular formula is C11H14. The molecule has 0 aromatic carbocycles. The first-order valence-corrected chi connectivity index (χ1v) is 3.53. The van der Waals surface area contributed by atoms with Gasteiger partial charge >= 0.3 is 0 Å². The summed E-state index contributed by atoms with van der Waals surface area (Å²) in [6, 6.07) is 0. The zero-order chi connectivity index (χ0) is 8.69. The average Bonchev–Trinajstić information content (AvgIpc) is 1.87. The van der Waals surface area contributed by atoms with Crippen molar-refractivity contribution in [3.63, 3.8) is 0 Å². The summed E-state index contributed by atoms with van der Waals surface area (Å²) in [6.07, 6.45) is 7.66. The first kappa shape index (κ1) is 9.74. The molecule has 0 fully saturated rings. The average molecular weight is 146 g/mol. The molecule has 0 amide bonds. The van der Waals surface area contributed by atoms with E-state index in [9.17, 15) is 0 Å². The van der Waals surface area contributed by atoms with Crippen molar-refractivity contribution in [2.24, 2.45) is 0 Å². The summed E-state index contributed by atoms with van der Waals surface area (Å²) in [6.45, 7) is 11.3. The zero-order valence-electron chi connectivity index (χ0n) is 7.22. The molecule has 0 aromatic heterocycles. The Balaban J connectivity index is 4.04. The van der Waals surface area contributed by atoms with Gasteiger partial charge in [0.05, 0.1) is 0 Å². The predicted octanol–water partition coefficient (Wildman–Crippen LogP) is 3.41. The Kier molecular flexibility index (Phi) is 4.89. The van der Waals surface area contributed by atoms with E-state index < -0.39 is 0 Å². The smallest absolute Gasteiger partial charge is 0.0139 e. The number of rotatable bonds is 3. The van der Waals surface area contributed by atoms with Crippen LogP contribution in [0.2, 0.25) is 0 Å². The van der Waals surface area contributed by atoms with E-state index in [2.05, 4.69) is 32.7 Å². The molecule has 0 rings (SSSR count). The lowest BCUT2D eigenvalue weighted by atomic mass is 10.2. The second-order valence-corrected chi connectivity index (χ2v) is 2.53. The normalized spacial score (nSPS) is 8.91. The molecule has 0 aromatic rings. The van der Waals surface area contributed by atoms with Crippen molar-refractivity contribution in [2.75, 3.05) is 0 Å². The molecule has 0 atom stereocenters. The Labute approximate surface area is 68.9 Å². The minimum atomic E-state index is 0.914. The molecule has 0 nitrogen and oxygen atoms in total. The molecule has 58 valence electrons. The van der Waals surface area contributed by atoms with Gasteiger partial charge in [-0.25, -0.2) is 0 Å². The fourth-order valence-corrected chi connectivity index (χ4v) is 0.543. The minimum Gasteiger partial charge on any atom is -0.128 e. The molecule has 0 heteroatoms. The molecule has 0 heterocycles. The van der Waals surface area contributed by atoms with Gasteiger partial charge in [0.2, 0.25) is 0 Å². The van der Waals surface area contributed by atoms with Gasteiger partial charge in [-0.2, -0.15) is 0 Å². The lowest BCUT2D eigenvalue weighted by Gasteiger charge is -1.84. The molecule has 0 saturated carbocycles. The second-order valence-electron chi connectivity index (χ2n) is 2.53. The highest BCUT2D eigenvalue weighted by Gasteiger charge is 1.75. The van der Waals surface area contributed by atoms with Gasteiger partial charge < -0.3 is 0 Å². The number of hydrogen-bond donors (Lipinski definition) is 0. The molecule has 0 aliphatic carbocycles. The summed E-state index contributed by atoms with van der Waals surface area (Å²) in [4.78, 5) is 0. The van der Waals surface area contributed by atoms with Gasteiger partial charge in [-0.1, -0.05) is 37.0 Å². The van der Waals surface area contributed by atoms with Crippen molar-refractivity contribution >= 4 is 0 Å². The molecule has 0 saturated heterocycles. The number of allylic oxidation sites excluding steroid dienone is 6. The van der Waals surface area contributed by atoms with Crippen LogP contribution >= 0.6 is 0 Å². The van der Waals surface area contributed by atoms with Gasteiger partial charge in [0.15, 0.2) is 0 Å². The third kappa shape index (κ3) is 6.63. The summed E-state index contributed by atoms with van der Waals surface area (Å²) in [5.41, 5.74) is 4.85. The number of hydrogen-bond acceptors (Lipinski definition) is 0. The quantitative estimate of drug-likeness (QED) is 0.423. The minimum absolute atomic E-state index is 0.914. The molecule has 0 spiro atoms.